The summed E-state index contributed by atoms with van der Waals surface area (Å²) in [6, 6.07) is 18.6. The summed E-state index contributed by atoms with van der Waals surface area (Å²) in [6.07, 6.45) is 14.3. The second-order valence-electron chi connectivity index (χ2n) is 12.8. The molecule has 40 heavy (non-hydrogen) atoms. The summed E-state index contributed by atoms with van der Waals surface area (Å²) in [5.74, 6) is -1.52. The van der Waals surface area contributed by atoms with Crippen molar-refractivity contribution in [2.24, 2.45) is 0 Å². The van der Waals surface area contributed by atoms with Crippen LogP contribution in [-0.4, -0.2) is 5.92 Å². The van der Waals surface area contributed by atoms with Crippen LogP contribution in [0.5, 0.6) is 0 Å². The van der Waals surface area contributed by atoms with Gasteiger partial charge in [0.2, 0.25) is 0 Å². The molecule has 2 unspecified atom stereocenters. The van der Waals surface area contributed by atoms with Gasteiger partial charge in [-0.3, -0.25) is 0 Å². The van der Waals surface area contributed by atoms with Crippen molar-refractivity contribution in [2.75, 3.05) is 0 Å². The van der Waals surface area contributed by atoms with Crippen LogP contribution in [0.4, 0.5) is 0 Å². The zero-order valence-electron chi connectivity index (χ0n) is 26.1. The summed E-state index contributed by atoms with van der Waals surface area (Å²) >= 11 is -4.68. The van der Waals surface area contributed by atoms with Crippen LogP contribution >= 0.6 is 17.0 Å². The second-order valence-corrected chi connectivity index (χ2v) is 55.3. The number of rotatable bonds is 15. The first kappa shape index (κ1) is 32.5. The summed E-state index contributed by atoms with van der Waals surface area (Å²) in [4.78, 5) is 0. The van der Waals surface area contributed by atoms with Crippen molar-refractivity contribution in [3.63, 3.8) is 0 Å². The van der Waals surface area contributed by atoms with Gasteiger partial charge in [0.05, 0.1) is 0 Å². The number of hydrogen-bond acceptors (Lipinski definition) is 0. The van der Waals surface area contributed by atoms with Gasteiger partial charge in [-0.2, -0.15) is 0 Å². The van der Waals surface area contributed by atoms with Gasteiger partial charge >= 0.3 is 257 Å². The second kappa shape index (κ2) is 13.9. The van der Waals surface area contributed by atoms with Gasteiger partial charge in [0.1, 0.15) is 0 Å². The zero-order chi connectivity index (χ0) is 28.9. The average Bonchev–Trinajstić information content (AvgIpc) is 3.45. The predicted octanol–water partition coefficient (Wildman–Crippen LogP) is 12.7. The van der Waals surface area contributed by atoms with Crippen molar-refractivity contribution in [2.45, 2.75) is 125 Å². The molecule has 2 aliphatic rings. The molecule has 0 saturated heterocycles. The normalized spacial score (nSPS) is 19.8. The molecule has 0 aliphatic heterocycles. The summed E-state index contributed by atoms with van der Waals surface area (Å²) in [6.45, 7) is 14.3. The van der Waals surface area contributed by atoms with E-state index in [0.717, 1.165) is 25.7 Å². The van der Waals surface area contributed by atoms with Gasteiger partial charge in [-0.25, -0.2) is 0 Å². The zero-order valence-corrected chi connectivity index (χ0v) is 31.2. The Morgan fingerprint density at radius 3 is 1.27 bits per heavy atom. The Bertz CT molecular complexity index is 1150. The van der Waals surface area contributed by atoms with Crippen LogP contribution in [0.25, 0.3) is 11.1 Å². The van der Waals surface area contributed by atoms with Gasteiger partial charge in [-0.1, -0.05) is 0 Å². The molecule has 4 heteroatoms. The molecule has 4 rings (SSSR count). The molecule has 0 fully saturated rings. The Hall–Kier alpha value is -0.400. The SMILES string of the molecule is CCCCC1=C(CCCC)[CH]([Zr]([Cl])([Cl])([CH]2C(CCCC)=C(CCCC)c3ccccc32)[SiH](C)C)c2ccccc21. The van der Waals surface area contributed by atoms with Crippen molar-refractivity contribution < 1.29 is 15.6 Å². The van der Waals surface area contributed by atoms with E-state index in [1.165, 1.54) is 73.6 Å². The summed E-state index contributed by atoms with van der Waals surface area (Å²) in [5, 5.41) is 0. The fraction of sp³-hybridized carbons (Fsp3) is 0.556. The maximum absolute atomic E-state index is 8.71. The molecular formula is C36H53Cl2SiZr. The van der Waals surface area contributed by atoms with Crippen LogP contribution in [0.2, 0.25) is 13.1 Å². The molecular weight excluding hydrogens is 623 g/mol. The summed E-state index contributed by atoms with van der Waals surface area (Å²) in [7, 11) is 17.4. The number of allylic oxidation sites excluding steroid dienone is 4. The van der Waals surface area contributed by atoms with E-state index in [4.69, 9.17) is 17.0 Å². The van der Waals surface area contributed by atoms with Crippen LogP contribution in [0, 0.1) is 0 Å². The number of benzene rings is 2. The van der Waals surface area contributed by atoms with E-state index in [0.29, 0.717) is 0 Å². The third-order valence-corrected chi connectivity index (χ3v) is 61.8. The molecule has 0 nitrogen and oxygen atoms in total. The minimum atomic E-state index is -4.68. The van der Waals surface area contributed by atoms with E-state index >= 15 is 0 Å². The molecule has 0 bridgehead atoms. The van der Waals surface area contributed by atoms with Crippen molar-refractivity contribution in [3.05, 3.63) is 81.9 Å². The van der Waals surface area contributed by atoms with Crippen molar-refractivity contribution in [1.82, 2.24) is 0 Å². The average molecular weight is 676 g/mol. The first-order valence-corrected chi connectivity index (χ1v) is 32.8. The van der Waals surface area contributed by atoms with E-state index in [9.17, 15) is 0 Å². The summed E-state index contributed by atoms with van der Waals surface area (Å²) < 4.78 is 0.484. The quantitative estimate of drug-likeness (QED) is 0.165. The molecule has 2 aromatic rings. The van der Waals surface area contributed by atoms with E-state index in [-0.39, 0.29) is 7.25 Å². The van der Waals surface area contributed by atoms with Crippen molar-refractivity contribution in [3.8, 4) is 0 Å². The molecule has 0 heterocycles. The number of hydrogen-bond donors (Lipinski definition) is 0. The Morgan fingerprint density at radius 1 is 0.575 bits per heavy atom. The first-order valence-electron chi connectivity index (χ1n) is 16.5. The fourth-order valence-electron chi connectivity index (χ4n) is 7.83. The Morgan fingerprint density at radius 2 is 0.925 bits per heavy atom. The van der Waals surface area contributed by atoms with E-state index in [1.807, 2.05) is 0 Å². The van der Waals surface area contributed by atoms with E-state index in [2.05, 4.69) is 89.3 Å². The van der Waals surface area contributed by atoms with Gasteiger partial charge in [0.25, 0.3) is 0 Å². The number of halogens is 2. The molecule has 2 aromatic carbocycles. The van der Waals surface area contributed by atoms with Gasteiger partial charge in [-0.15, -0.1) is 0 Å². The monoisotopic (exact) mass is 673 g/mol. The third-order valence-electron chi connectivity index (χ3n) is 10.0. The van der Waals surface area contributed by atoms with Crippen LogP contribution in [0.1, 0.15) is 134 Å². The van der Waals surface area contributed by atoms with Gasteiger partial charge in [0, 0.05) is 0 Å². The van der Waals surface area contributed by atoms with Gasteiger partial charge < -0.3 is 0 Å². The topological polar surface area (TPSA) is 0 Å². The van der Waals surface area contributed by atoms with Crippen molar-refractivity contribution >= 4 is 34.1 Å². The molecule has 0 N–H and O–H groups in total. The Labute approximate surface area is 254 Å². The van der Waals surface area contributed by atoms with Gasteiger partial charge in [0.15, 0.2) is 0 Å². The minimum absolute atomic E-state index is 0.242. The number of unbranched alkanes of at least 4 members (excludes halogenated alkanes) is 4. The molecule has 2 aliphatic carbocycles. The molecule has 2 atom stereocenters. The molecule has 0 amide bonds. The van der Waals surface area contributed by atoms with E-state index < -0.39 is 21.5 Å². The molecule has 0 radical (unpaired) electrons. The molecule has 0 saturated carbocycles. The Balaban J connectivity index is 2.04. The summed E-state index contributed by atoms with van der Waals surface area (Å²) in [5.41, 5.74) is 12.4. The number of fused-ring (bicyclic) bond motifs is 2. The molecule has 0 spiro atoms. The maximum atomic E-state index is 8.71. The first-order chi connectivity index (χ1) is 19.3. The van der Waals surface area contributed by atoms with Crippen LogP contribution in [0.15, 0.2) is 59.7 Å². The predicted molar refractivity (Wildman–Crippen MR) is 181 cm³/mol. The van der Waals surface area contributed by atoms with Crippen LogP contribution in [-0.2, 0) is 15.6 Å². The Kier molecular flexibility index (Phi) is 11.3. The molecule has 0 aromatic heterocycles. The van der Waals surface area contributed by atoms with Crippen LogP contribution < -0.4 is 0 Å². The van der Waals surface area contributed by atoms with Crippen LogP contribution in [0.3, 0.4) is 0 Å². The molecule has 219 valence electrons. The van der Waals surface area contributed by atoms with Gasteiger partial charge in [-0.05, 0) is 0 Å². The fourth-order valence-corrected chi connectivity index (χ4v) is 39.2. The standard InChI is InChI=1S/2C17H23.C2H7Si.2ClH.Zr/c2*1-3-5-9-14-13-15-10-7-8-12-17(15)16(14)11-6-4-2;1-3-2;;;/h2*7-8,10,12-13H,3-6,9,11H2,1-2H3;3H,1-2H3;2*1H;/q;;;;;+2/p-2. The third kappa shape index (κ3) is 5.75. The van der Waals surface area contributed by atoms with Crippen molar-refractivity contribution in [1.29, 1.82) is 0 Å². The van der Waals surface area contributed by atoms with E-state index in [1.54, 1.807) is 22.3 Å².